The minimum absolute atomic E-state index is 0. The second-order valence-electron chi connectivity index (χ2n) is 8.42. The molecule has 12 heteroatoms. The molecular formula is C11H31F3LiN3Si5. The van der Waals surface area contributed by atoms with Crippen LogP contribution < -0.4 is 18.9 Å². The monoisotopic (exact) mass is 409 g/mol. The summed E-state index contributed by atoms with van der Waals surface area (Å²) in [6.07, 6.45) is 0. The van der Waals surface area contributed by atoms with Gasteiger partial charge in [0.1, 0.15) is 0 Å². The van der Waals surface area contributed by atoms with Crippen LogP contribution in [0.3, 0.4) is 0 Å². The van der Waals surface area contributed by atoms with E-state index in [9.17, 15) is 12.3 Å². The van der Waals surface area contributed by atoms with E-state index in [1.807, 2.05) is 13.1 Å². The minimum Gasteiger partial charge on any atom is -0.601 e. The molecule has 1 fully saturated rings. The summed E-state index contributed by atoms with van der Waals surface area (Å²) in [4.78, 5) is 0. The Kier molecular flexibility index (Phi) is 7.22. The predicted octanol–water partition coefficient (Wildman–Crippen LogP) is 2.05. The van der Waals surface area contributed by atoms with Crippen molar-refractivity contribution in [1.82, 2.24) is 7.79 Å². The molecule has 3 nitrogen and oxygen atoms in total. The second-order valence-corrected chi connectivity index (χ2v) is 28.8. The van der Waals surface area contributed by atoms with Crippen molar-refractivity contribution in [2.45, 2.75) is 71.8 Å². The molecule has 0 radical (unpaired) electrons. The molecule has 0 bridgehead atoms. The van der Waals surface area contributed by atoms with Gasteiger partial charge in [0.2, 0.25) is 0 Å². The van der Waals surface area contributed by atoms with E-state index in [1.165, 1.54) is 0 Å². The number of hydrogen-bond donors (Lipinski definition) is 0. The Morgan fingerprint density at radius 1 is 0.826 bits per heavy atom. The largest absolute Gasteiger partial charge is 1.00 e. The van der Waals surface area contributed by atoms with E-state index >= 15 is 0 Å². The maximum absolute atomic E-state index is 14.8. The van der Waals surface area contributed by atoms with Crippen molar-refractivity contribution in [1.29, 1.82) is 0 Å². The van der Waals surface area contributed by atoms with E-state index in [4.69, 9.17) is 0 Å². The summed E-state index contributed by atoms with van der Waals surface area (Å²) in [5.41, 5.74) is -0.668. The smallest absolute Gasteiger partial charge is 0.601 e. The van der Waals surface area contributed by atoms with Gasteiger partial charge < -0.3 is 12.4 Å². The van der Waals surface area contributed by atoms with Gasteiger partial charge in [-0.3, -0.25) is 12.3 Å². The van der Waals surface area contributed by atoms with Crippen molar-refractivity contribution >= 4 is 42.7 Å². The van der Waals surface area contributed by atoms with Crippen LogP contribution in [0.4, 0.5) is 12.3 Å². The third-order valence-corrected chi connectivity index (χ3v) is 35.3. The van der Waals surface area contributed by atoms with Crippen molar-refractivity contribution in [3.63, 3.8) is 0 Å². The summed E-state index contributed by atoms with van der Waals surface area (Å²) in [7, 11) is -14.5. The molecule has 1 aliphatic rings. The zero-order valence-corrected chi connectivity index (χ0v) is 21.6. The van der Waals surface area contributed by atoms with Gasteiger partial charge in [0.15, 0.2) is 16.8 Å². The van der Waals surface area contributed by atoms with Crippen LogP contribution in [0, 0.1) is 0 Å². The van der Waals surface area contributed by atoms with E-state index in [0.717, 1.165) is 0 Å². The zero-order valence-electron chi connectivity index (χ0n) is 16.6. The molecule has 1 saturated heterocycles. The third kappa shape index (κ3) is 4.37. The first kappa shape index (κ1) is 24.4. The van der Waals surface area contributed by atoms with Crippen LogP contribution >= 0.6 is 0 Å². The van der Waals surface area contributed by atoms with E-state index in [-0.39, 0.29) is 18.9 Å². The molecule has 0 unspecified atom stereocenters. The number of rotatable bonds is 5. The van der Waals surface area contributed by atoms with Gasteiger partial charge in [0.25, 0.3) is 0 Å². The Balaban J connectivity index is 0.00000484. The van der Waals surface area contributed by atoms with Gasteiger partial charge >= 0.3 is 36.3 Å². The van der Waals surface area contributed by atoms with Gasteiger partial charge in [-0.15, -0.1) is 0 Å². The molecular weight excluding hydrogens is 379 g/mol. The molecule has 0 atom stereocenters. The molecule has 1 heterocycles. The summed E-state index contributed by atoms with van der Waals surface area (Å²) in [5.74, 6) is 0. The SMILES string of the molecule is CC(C)[Si](F)(F)[N-][Si](C)(C)N1[Si](C)(C)N([Si](C)(C)F)[Si]1(C)C.[Li+]. The molecule has 0 aromatic rings. The third-order valence-electron chi connectivity index (χ3n) is 4.39. The van der Waals surface area contributed by atoms with Crippen molar-refractivity contribution in [3.05, 3.63) is 4.65 Å². The fourth-order valence-electron chi connectivity index (χ4n) is 4.68. The molecule has 0 spiro atoms. The summed E-state index contributed by atoms with van der Waals surface area (Å²) in [5, 5.41) is 0. The summed E-state index contributed by atoms with van der Waals surface area (Å²) in [6, 6.07) is 0. The summed E-state index contributed by atoms with van der Waals surface area (Å²) in [6.45, 7) is 18.8. The maximum Gasteiger partial charge on any atom is 1.00 e. The Hall–Kier alpha value is 1.35. The second kappa shape index (κ2) is 6.82. The van der Waals surface area contributed by atoms with E-state index in [2.05, 4.69) is 38.6 Å². The molecule has 1 aliphatic heterocycles. The fraction of sp³-hybridized carbons (Fsp3) is 1.00. The molecule has 132 valence electrons. The normalized spacial score (nSPS) is 22.7. The van der Waals surface area contributed by atoms with E-state index < -0.39 is 48.2 Å². The van der Waals surface area contributed by atoms with E-state index in [0.29, 0.717) is 0 Å². The summed E-state index contributed by atoms with van der Waals surface area (Å²) < 4.78 is 52.1. The number of nitrogens with zero attached hydrogens (tertiary/aromatic N) is 3. The standard InChI is InChI=1S/C11H31F3N3Si5.Li/c1-11(2)22(13,14)15-19(5,6)17-20(7,8)16(18(3,4)12)21(17,9)10;/h11H,1-10H3;/q-1;+1. The van der Waals surface area contributed by atoms with Gasteiger partial charge in [0, 0.05) is 0 Å². The first-order valence-corrected chi connectivity index (χ1v) is 21.1. The van der Waals surface area contributed by atoms with Gasteiger partial charge in [-0.2, -0.15) is 0 Å². The van der Waals surface area contributed by atoms with Crippen LogP contribution in [0.1, 0.15) is 13.8 Å². The van der Waals surface area contributed by atoms with Crippen LogP contribution in [-0.4, -0.2) is 50.5 Å². The van der Waals surface area contributed by atoms with Crippen molar-refractivity contribution in [2.24, 2.45) is 0 Å². The average molecular weight is 410 g/mol. The van der Waals surface area contributed by atoms with Crippen molar-refractivity contribution in [3.8, 4) is 0 Å². The fourth-order valence-corrected chi connectivity index (χ4v) is 45.7. The minimum atomic E-state index is -4.57. The van der Waals surface area contributed by atoms with Gasteiger partial charge in [-0.1, -0.05) is 26.9 Å². The van der Waals surface area contributed by atoms with Crippen LogP contribution in [0.5, 0.6) is 0 Å². The Morgan fingerprint density at radius 3 is 1.43 bits per heavy atom. The molecule has 0 amide bonds. The predicted molar refractivity (Wildman–Crippen MR) is 101 cm³/mol. The quantitative estimate of drug-likeness (QED) is 0.512. The Bertz CT molecular complexity index is 427. The maximum atomic E-state index is 14.8. The average Bonchev–Trinajstić information content (AvgIpc) is 2.06. The Morgan fingerprint density at radius 2 is 1.17 bits per heavy atom. The van der Waals surface area contributed by atoms with Crippen molar-refractivity contribution < 1.29 is 31.2 Å². The Labute approximate surface area is 157 Å². The molecule has 0 N–H and O–H groups in total. The van der Waals surface area contributed by atoms with Gasteiger partial charge in [-0.25, -0.2) is 0 Å². The molecule has 0 saturated carbocycles. The molecule has 0 aromatic heterocycles. The van der Waals surface area contributed by atoms with E-state index in [1.54, 1.807) is 26.9 Å². The molecule has 0 aromatic carbocycles. The molecule has 1 rings (SSSR count). The summed E-state index contributed by atoms with van der Waals surface area (Å²) >= 11 is 0. The molecule has 0 aliphatic carbocycles. The first-order chi connectivity index (χ1) is 9.38. The topological polar surface area (TPSA) is 20.6 Å². The van der Waals surface area contributed by atoms with Crippen LogP contribution in [-0.2, 0) is 0 Å². The van der Waals surface area contributed by atoms with Gasteiger partial charge in [0.05, 0.1) is 0 Å². The number of halogens is 3. The van der Waals surface area contributed by atoms with Crippen LogP contribution in [0.2, 0.25) is 57.9 Å². The zero-order chi connectivity index (χ0) is 17.9. The van der Waals surface area contributed by atoms with Crippen LogP contribution in [0.15, 0.2) is 0 Å². The van der Waals surface area contributed by atoms with Crippen LogP contribution in [0.25, 0.3) is 4.65 Å². The number of hydrogen-bond acceptors (Lipinski definition) is 2. The van der Waals surface area contributed by atoms with Gasteiger partial charge in [-0.05, 0) is 53.2 Å². The van der Waals surface area contributed by atoms with Crippen molar-refractivity contribution in [2.75, 3.05) is 0 Å². The molecule has 23 heavy (non-hydrogen) atoms. The first-order valence-electron chi connectivity index (χ1n) is 7.80.